The van der Waals surface area contributed by atoms with Crippen molar-refractivity contribution in [1.82, 2.24) is 15.5 Å². The van der Waals surface area contributed by atoms with Crippen LogP contribution in [0.3, 0.4) is 0 Å². The molecule has 1 fully saturated rings. The predicted molar refractivity (Wildman–Crippen MR) is 124 cm³/mol. The molecule has 0 saturated carbocycles. The minimum atomic E-state index is -0.696. The van der Waals surface area contributed by atoms with Gasteiger partial charge in [0.25, 0.3) is 11.8 Å². The molecule has 0 radical (unpaired) electrons. The first-order valence-electron chi connectivity index (χ1n) is 11.1. The second-order valence-corrected chi connectivity index (χ2v) is 7.93. The molecule has 0 bridgehead atoms. The molecular formula is C25H31N3O5. The Hall–Kier alpha value is -3.39. The van der Waals surface area contributed by atoms with E-state index in [4.69, 9.17) is 9.47 Å². The van der Waals surface area contributed by atoms with Crippen LogP contribution in [-0.4, -0.2) is 69.1 Å². The summed E-state index contributed by atoms with van der Waals surface area (Å²) < 4.78 is 10.3. The van der Waals surface area contributed by atoms with Crippen molar-refractivity contribution in [2.75, 3.05) is 40.5 Å². The molecule has 0 unspecified atom stereocenters. The largest absolute Gasteiger partial charge is 0.496 e. The molecule has 2 aromatic rings. The zero-order chi connectivity index (χ0) is 23.6. The third kappa shape index (κ3) is 6.32. The first-order valence-corrected chi connectivity index (χ1v) is 11.1. The van der Waals surface area contributed by atoms with Crippen molar-refractivity contribution in [3.63, 3.8) is 0 Å². The number of para-hydroxylation sites is 1. The monoisotopic (exact) mass is 453 g/mol. The molecule has 1 aliphatic rings. The van der Waals surface area contributed by atoms with Gasteiger partial charge < -0.3 is 25.0 Å². The fourth-order valence-electron chi connectivity index (χ4n) is 4.03. The lowest BCUT2D eigenvalue weighted by atomic mass is 9.88. The Balaban J connectivity index is 1.68. The summed E-state index contributed by atoms with van der Waals surface area (Å²) in [6, 6.07) is 15.3. The van der Waals surface area contributed by atoms with E-state index >= 15 is 0 Å². The summed E-state index contributed by atoms with van der Waals surface area (Å²) in [5.74, 6) is -0.196. The number of nitrogens with one attached hydrogen (secondary N) is 2. The average molecular weight is 454 g/mol. The number of hydrogen-bond acceptors (Lipinski definition) is 5. The van der Waals surface area contributed by atoms with Gasteiger partial charge in [0.2, 0.25) is 5.91 Å². The number of ether oxygens (including phenoxy) is 2. The van der Waals surface area contributed by atoms with Crippen molar-refractivity contribution in [2.24, 2.45) is 5.92 Å². The van der Waals surface area contributed by atoms with Gasteiger partial charge in [0.05, 0.1) is 19.3 Å². The molecule has 3 rings (SSSR count). The summed E-state index contributed by atoms with van der Waals surface area (Å²) in [4.78, 5) is 40.5. The van der Waals surface area contributed by atoms with Crippen molar-refractivity contribution in [3.8, 4) is 5.75 Å². The van der Waals surface area contributed by atoms with Crippen LogP contribution in [0.25, 0.3) is 0 Å². The zero-order valence-electron chi connectivity index (χ0n) is 19.1. The number of amides is 3. The van der Waals surface area contributed by atoms with E-state index in [1.165, 1.54) is 0 Å². The highest BCUT2D eigenvalue weighted by Gasteiger charge is 2.34. The summed E-state index contributed by atoms with van der Waals surface area (Å²) >= 11 is 0. The van der Waals surface area contributed by atoms with Crippen LogP contribution in [0.1, 0.15) is 33.6 Å². The fraction of sp³-hybridized carbons (Fsp3) is 0.400. The molecule has 1 aliphatic heterocycles. The number of likely N-dealkylation sites (tertiary alicyclic amines) is 1. The molecule has 1 heterocycles. The van der Waals surface area contributed by atoms with E-state index in [0.29, 0.717) is 56.0 Å². The van der Waals surface area contributed by atoms with Gasteiger partial charge in [-0.05, 0) is 43.0 Å². The lowest BCUT2D eigenvalue weighted by Gasteiger charge is -2.36. The summed E-state index contributed by atoms with van der Waals surface area (Å²) in [6.45, 7) is 1.73. The Labute approximate surface area is 194 Å². The number of rotatable bonds is 9. The summed E-state index contributed by atoms with van der Waals surface area (Å²) in [5, 5.41) is 5.75. The van der Waals surface area contributed by atoms with Crippen molar-refractivity contribution in [1.29, 1.82) is 0 Å². The molecular weight excluding hydrogens is 422 g/mol. The minimum absolute atomic E-state index is 0.0954. The van der Waals surface area contributed by atoms with Crippen LogP contribution in [0.4, 0.5) is 0 Å². The number of methoxy groups -OCH3 is 2. The quantitative estimate of drug-likeness (QED) is 0.567. The zero-order valence-corrected chi connectivity index (χ0v) is 19.1. The van der Waals surface area contributed by atoms with E-state index < -0.39 is 6.04 Å². The molecule has 33 heavy (non-hydrogen) atoms. The standard InChI is InChI=1S/C25H31N3O5/c1-32-17-14-26-24(30)22(27-23(29)19-8-4-3-5-9-19)18-12-15-28(16-13-18)25(31)20-10-6-7-11-21(20)33-2/h3-11,18,22H,12-17H2,1-2H3,(H,26,30)(H,27,29)/t22-/m1/s1. The fourth-order valence-corrected chi connectivity index (χ4v) is 4.03. The second kappa shape index (κ2) is 12.0. The molecule has 0 aliphatic carbocycles. The minimum Gasteiger partial charge on any atom is -0.496 e. The summed E-state index contributed by atoms with van der Waals surface area (Å²) in [5.41, 5.74) is 1.01. The summed E-state index contributed by atoms with van der Waals surface area (Å²) in [6.07, 6.45) is 1.19. The van der Waals surface area contributed by atoms with Gasteiger partial charge in [-0.25, -0.2) is 0 Å². The van der Waals surface area contributed by atoms with Gasteiger partial charge in [-0.2, -0.15) is 0 Å². The van der Waals surface area contributed by atoms with E-state index in [1.807, 2.05) is 18.2 Å². The molecule has 176 valence electrons. The maximum absolute atomic E-state index is 13.0. The number of hydrogen-bond donors (Lipinski definition) is 2. The molecule has 2 aromatic carbocycles. The van der Waals surface area contributed by atoms with E-state index in [1.54, 1.807) is 55.5 Å². The molecule has 0 spiro atoms. The molecule has 8 heteroatoms. The molecule has 8 nitrogen and oxygen atoms in total. The van der Waals surface area contributed by atoms with E-state index in [-0.39, 0.29) is 23.6 Å². The van der Waals surface area contributed by atoms with Crippen LogP contribution >= 0.6 is 0 Å². The summed E-state index contributed by atoms with van der Waals surface area (Å²) in [7, 11) is 3.11. The van der Waals surface area contributed by atoms with Crippen LogP contribution < -0.4 is 15.4 Å². The number of benzene rings is 2. The lowest BCUT2D eigenvalue weighted by Crippen LogP contribution is -2.54. The van der Waals surface area contributed by atoms with Crippen LogP contribution in [0.2, 0.25) is 0 Å². The number of piperidine rings is 1. The van der Waals surface area contributed by atoms with Crippen LogP contribution in [-0.2, 0) is 9.53 Å². The van der Waals surface area contributed by atoms with Gasteiger partial charge in [-0.15, -0.1) is 0 Å². The third-order valence-electron chi connectivity index (χ3n) is 5.85. The first-order chi connectivity index (χ1) is 16.0. The molecule has 0 aromatic heterocycles. The maximum atomic E-state index is 13.0. The van der Waals surface area contributed by atoms with Crippen molar-refractivity contribution in [3.05, 3.63) is 65.7 Å². The molecule has 1 atom stereocenters. The third-order valence-corrected chi connectivity index (χ3v) is 5.85. The Bertz CT molecular complexity index is 942. The van der Waals surface area contributed by atoms with E-state index in [0.717, 1.165) is 0 Å². The normalized spacial score (nSPS) is 14.9. The van der Waals surface area contributed by atoms with Gasteiger partial charge in [0.1, 0.15) is 11.8 Å². The van der Waals surface area contributed by atoms with Crippen molar-refractivity contribution < 1.29 is 23.9 Å². The Morgan fingerprint density at radius 2 is 1.67 bits per heavy atom. The topological polar surface area (TPSA) is 97.0 Å². The van der Waals surface area contributed by atoms with Gasteiger partial charge >= 0.3 is 0 Å². The van der Waals surface area contributed by atoms with Gasteiger partial charge in [-0.3, -0.25) is 14.4 Å². The Kier molecular flexibility index (Phi) is 8.83. The number of carbonyl (C=O) groups is 3. The molecule has 1 saturated heterocycles. The van der Waals surface area contributed by atoms with Crippen LogP contribution in [0, 0.1) is 5.92 Å². The maximum Gasteiger partial charge on any atom is 0.257 e. The van der Waals surface area contributed by atoms with Crippen molar-refractivity contribution >= 4 is 17.7 Å². The van der Waals surface area contributed by atoms with Gasteiger partial charge in [-0.1, -0.05) is 30.3 Å². The Morgan fingerprint density at radius 3 is 2.33 bits per heavy atom. The van der Waals surface area contributed by atoms with Gasteiger partial charge in [0.15, 0.2) is 0 Å². The van der Waals surface area contributed by atoms with Crippen molar-refractivity contribution in [2.45, 2.75) is 18.9 Å². The highest BCUT2D eigenvalue weighted by molar-refractivity contribution is 5.98. The molecule has 3 amide bonds. The van der Waals surface area contributed by atoms with Crippen LogP contribution in [0.5, 0.6) is 5.75 Å². The van der Waals surface area contributed by atoms with Crippen LogP contribution in [0.15, 0.2) is 54.6 Å². The predicted octanol–water partition coefficient (Wildman–Crippen LogP) is 2.11. The van der Waals surface area contributed by atoms with E-state index in [2.05, 4.69) is 10.6 Å². The number of nitrogens with zero attached hydrogens (tertiary/aromatic N) is 1. The second-order valence-electron chi connectivity index (χ2n) is 7.93. The lowest BCUT2D eigenvalue weighted by molar-refractivity contribution is -0.124. The first kappa shape index (κ1) is 24.3. The highest BCUT2D eigenvalue weighted by Crippen LogP contribution is 2.25. The van der Waals surface area contributed by atoms with E-state index in [9.17, 15) is 14.4 Å². The highest BCUT2D eigenvalue weighted by atomic mass is 16.5. The smallest absolute Gasteiger partial charge is 0.257 e. The van der Waals surface area contributed by atoms with Gasteiger partial charge in [0, 0.05) is 32.3 Å². The average Bonchev–Trinajstić information content (AvgIpc) is 2.87. The Morgan fingerprint density at radius 1 is 1.00 bits per heavy atom. The SMILES string of the molecule is COCCNC(=O)[C@H](NC(=O)c1ccccc1)C1CCN(C(=O)c2ccccc2OC)CC1. The number of carbonyl (C=O) groups excluding carboxylic acids is 3. The molecule has 2 N–H and O–H groups in total.